The summed E-state index contributed by atoms with van der Waals surface area (Å²) in [5, 5.41) is 0. The molecule has 3 heterocycles. The zero-order chi connectivity index (χ0) is 29.1. The van der Waals surface area contributed by atoms with Gasteiger partial charge in [0, 0.05) is 52.4 Å². The number of aryl methyl sites for hydroxylation is 1. The molecule has 0 bridgehead atoms. The number of amides is 1. The molecule has 0 saturated carbocycles. The number of nitrogens with two attached hydrogens (primary N) is 1. The summed E-state index contributed by atoms with van der Waals surface area (Å²) < 4.78 is 9.57. The molecule has 0 radical (unpaired) electrons. The van der Waals surface area contributed by atoms with Crippen LogP contribution in [0.2, 0.25) is 0 Å². The molecule has 1 aliphatic rings. The Morgan fingerprint density at radius 1 is 1.20 bits per heavy atom. The van der Waals surface area contributed by atoms with Gasteiger partial charge in [0.2, 0.25) is 5.95 Å². The fourth-order valence-corrected chi connectivity index (χ4v) is 4.65. The molecule has 12 nitrogen and oxygen atoms in total. The second kappa shape index (κ2) is 11.9. The quantitative estimate of drug-likeness (QED) is 0.309. The summed E-state index contributed by atoms with van der Waals surface area (Å²) in [6.07, 6.45) is 3.80. The van der Waals surface area contributed by atoms with Crippen molar-refractivity contribution < 1.29 is 14.3 Å². The summed E-state index contributed by atoms with van der Waals surface area (Å²) in [7, 11) is 4.79. The molecule has 40 heavy (non-hydrogen) atoms. The number of likely N-dealkylation sites (N-methyl/N-ethyl adjacent to an activating group) is 1. The Bertz CT molecular complexity index is 1580. The first-order valence-corrected chi connectivity index (χ1v) is 13.3. The SMILES string of the molecule is CC(C)=CCn1c(N2CCCC(N)C2)nc2c1c(=O)n(CC(=O)c1cccc(OCC(=O)N(C)C)c1)c(=O)n2C. The van der Waals surface area contributed by atoms with E-state index in [0.29, 0.717) is 24.8 Å². The minimum atomic E-state index is -0.636. The van der Waals surface area contributed by atoms with Crippen molar-refractivity contribution >= 4 is 28.8 Å². The average Bonchev–Trinajstić information content (AvgIpc) is 3.31. The minimum Gasteiger partial charge on any atom is -0.484 e. The normalized spacial score (nSPS) is 15.2. The van der Waals surface area contributed by atoms with Crippen LogP contribution in [0.15, 0.2) is 45.5 Å². The Morgan fingerprint density at radius 3 is 2.62 bits per heavy atom. The molecule has 1 amide bonds. The van der Waals surface area contributed by atoms with E-state index in [1.807, 2.05) is 19.9 Å². The van der Waals surface area contributed by atoms with E-state index in [9.17, 15) is 19.2 Å². The van der Waals surface area contributed by atoms with Crippen molar-refractivity contribution in [2.75, 3.05) is 38.7 Å². The van der Waals surface area contributed by atoms with E-state index in [0.717, 1.165) is 29.5 Å². The molecular weight excluding hydrogens is 514 g/mol. The Hall–Kier alpha value is -4.19. The van der Waals surface area contributed by atoms with Gasteiger partial charge in [0.05, 0.1) is 6.54 Å². The summed E-state index contributed by atoms with van der Waals surface area (Å²) in [6, 6.07) is 6.32. The lowest BCUT2D eigenvalue weighted by molar-refractivity contribution is -0.130. The van der Waals surface area contributed by atoms with Gasteiger partial charge >= 0.3 is 5.69 Å². The number of allylic oxidation sites excluding steroid dienone is 2. The third kappa shape index (κ3) is 6.01. The zero-order valence-corrected chi connectivity index (χ0v) is 23.7. The molecule has 1 atom stereocenters. The van der Waals surface area contributed by atoms with Gasteiger partial charge < -0.3 is 24.8 Å². The predicted molar refractivity (Wildman–Crippen MR) is 153 cm³/mol. The van der Waals surface area contributed by atoms with Gasteiger partial charge in [-0.1, -0.05) is 23.8 Å². The standard InChI is InChI=1S/C28H37N7O5/c1-18(2)11-13-34-24-25(30-27(34)33-12-7-9-20(29)15-33)32(5)28(39)35(26(24)38)16-22(36)19-8-6-10-21(14-19)40-17-23(37)31(3)4/h6,8,10-11,14,20H,7,9,12-13,15-17,29H2,1-5H3. The van der Waals surface area contributed by atoms with Crippen molar-refractivity contribution in [1.82, 2.24) is 23.6 Å². The molecule has 1 aliphatic heterocycles. The smallest absolute Gasteiger partial charge is 0.332 e. The molecule has 1 unspecified atom stereocenters. The number of anilines is 1. The van der Waals surface area contributed by atoms with Gasteiger partial charge in [-0.05, 0) is 38.8 Å². The fourth-order valence-electron chi connectivity index (χ4n) is 4.65. The van der Waals surface area contributed by atoms with Crippen LogP contribution in [-0.2, 0) is 24.9 Å². The van der Waals surface area contributed by atoms with Crippen molar-refractivity contribution in [3.05, 3.63) is 62.3 Å². The topological polar surface area (TPSA) is 138 Å². The second-order valence-electron chi connectivity index (χ2n) is 10.6. The Morgan fingerprint density at radius 2 is 1.95 bits per heavy atom. The molecule has 12 heteroatoms. The zero-order valence-electron chi connectivity index (χ0n) is 23.7. The Kier molecular flexibility index (Phi) is 8.58. The molecule has 1 saturated heterocycles. The van der Waals surface area contributed by atoms with Gasteiger partial charge in [-0.2, -0.15) is 4.98 Å². The number of ketones is 1. The summed E-state index contributed by atoms with van der Waals surface area (Å²) in [4.78, 5) is 60.4. The van der Waals surface area contributed by atoms with E-state index in [2.05, 4.69) is 4.90 Å². The molecule has 0 aliphatic carbocycles. The van der Waals surface area contributed by atoms with Crippen LogP contribution >= 0.6 is 0 Å². The van der Waals surface area contributed by atoms with Crippen LogP contribution in [0.5, 0.6) is 5.75 Å². The van der Waals surface area contributed by atoms with Gasteiger partial charge in [0.25, 0.3) is 11.5 Å². The number of hydrogen-bond donors (Lipinski definition) is 1. The van der Waals surface area contributed by atoms with Crippen molar-refractivity contribution in [2.24, 2.45) is 12.8 Å². The lowest BCUT2D eigenvalue weighted by Crippen LogP contribution is -2.44. The highest BCUT2D eigenvalue weighted by molar-refractivity contribution is 5.96. The molecule has 4 rings (SSSR count). The minimum absolute atomic E-state index is 0.00990. The Balaban J connectivity index is 1.73. The molecule has 1 aromatic carbocycles. The Labute approximate surface area is 232 Å². The number of carbonyl (C=O) groups excluding carboxylic acids is 2. The van der Waals surface area contributed by atoms with E-state index >= 15 is 0 Å². The van der Waals surface area contributed by atoms with E-state index in [1.54, 1.807) is 43.9 Å². The highest BCUT2D eigenvalue weighted by Crippen LogP contribution is 2.23. The maximum atomic E-state index is 13.8. The number of hydrogen-bond acceptors (Lipinski definition) is 8. The van der Waals surface area contributed by atoms with Crippen LogP contribution in [0, 0.1) is 0 Å². The monoisotopic (exact) mass is 551 g/mol. The van der Waals surface area contributed by atoms with Crippen LogP contribution in [0.25, 0.3) is 11.2 Å². The highest BCUT2D eigenvalue weighted by Gasteiger charge is 2.26. The third-order valence-corrected chi connectivity index (χ3v) is 6.95. The maximum Gasteiger partial charge on any atom is 0.332 e. The average molecular weight is 552 g/mol. The lowest BCUT2D eigenvalue weighted by Gasteiger charge is -2.31. The number of fused-ring (bicyclic) bond motifs is 1. The summed E-state index contributed by atoms with van der Waals surface area (Å²) >= 11 is 0. The predicted octanol–water partition coefficient (Wildman–Crippen LogP) is 1.14. The first kappa shape index (κ1) is 28.8. The number of benzene rings is 1. The number of rotatable bonds is 9. The molecule has 1 fully saturated rings. The van der Waals surface area contributed by atoms with Crippen LogP contribution < -0.4 is 26.6 Å². The summed E-state index contributed by atoms with van der Waals surface area (Å²) in [5.41, 5.74) is 6.84. The summed E-state index contributed by atoms with van der Waals surface area (Å²) in [6.45, 7) is 5.02. The molecule has 2 aromatic heterocycles. The van der Waals surface area contributed by atoms with Gasteiger partial charge in [-0.15, -0.1) is 0 Å². The van der Waals surface area contributed by atoms with Crippen LogP contribution in [0.1, 0.15) is 37.0 Å². The van der Waals surface area contributed by atoms with Crippen LogP contribution in [0.4, 0.5) is 5.95 Å². The van der Waals surface area contributed by atoms with Crippen molar-refractivity contribution in [3.63, 3.8) is 0 Å². The van der Waals surface area contributed by atoms with Crippen LogP contribution in [0.3, 0.4) is 0 Å². The van der Waals surface area contributed by atoms with E-state index < -0.39 is 23.6 Å². The highest BCUT2D eigenvalue weighted by atomic mass is 16.5. The number of ether oxygens (including phenoxy) is 1. The second-order valence-corrected chi connectivity index (χ2v) is 10.6. The largest absolute Gasteiger partial charge is 0.484 e. The molecule has 2 N–H and O–H groups in total. The van der Waals surface area contributed by atoms with E-state index in [4.69, 9.17) is 15.5 Å². The fraction of sp³-hybridized carbons (Fsp3) is 0.464. The van der Waals surface area contributed by atoms with Crippen molar-refractivity contribution in [1.29, 1.82) is 0 Å². The first-order valence-electron chi connectivity index (χ1n) is 13.3. The number of nitrogens with zero attached hydrogens (tertiary/aromatic N) is 6. The number of piperidine rings is 1. The van der Waals surface area contributed by atoms with E-state index in [1.165, 1.54) is 15.5 Å². The number of Topliss-reactive ketones (excluding diaryl/α,β-unsaturated/α-hetero) is 1. The first-order chi connectivity index (χ1) is 19.0. The maximum absolute atomic E-state index is 13.8. The molecule has 214 valence electrons. The number of imidazole rings is 1. The summed E-state index contributed by atoms with van der Waals surface area (Å²) in [5.74, 6) is 0.244. The molecular formula is C28H37N7O5. The van der Waals surface area contributed by atoms with Crippen LogP contribution in [-0.4, -0.2) is 75.1 Å². The van der Waals surface area contributed by atoms with Gasteiger partial charge in [-0.3, -0.25) is 23.5 Å². The van der Waals surface area contributed by atoms with Gasteiger partial charge in [0.15, 0.2) is 23.6 Å². The van der Waals surface area contributed by atoms with E-state index in [-0.39, 0.29) is 35.3 Å². The van der Waals surface area contributed by atoms with Gasteiger partial charge in [-0.25, -0.2) is 4.79 Å². The van der Waals surface area contributed by atoms with Crippen molar-refractivity contribution in [2.45, 2.75) is 45.8 Å². The lowest BCUT2D eigenvalue weighted by atomic mass is 10.1. The van der Waals surface area contributed by atoms with Gasteiger partial charge in [0.1, 0.15) is 5.75 Å². The number of carbonyl (C=O) groups is 2. The third-order valence-electron chi connectivity index (χ3n) is 6.95. The molecule has 0 spiro atoms. The van der Waals surface area contributed by atoms with Crippen molar-refractivity contribution in [3.8, 4) is 5.75 Å². The molecule has 3 aromatic rings. The number of aromatic nitrogens is 4.